The van der Waals surface area contributed by atoms with Gasteiger partial charge in [-0.25, -0.2) is 0 Å². The number of carbonyl (C=O) groups excluding carboxylic acids is 2. The highest BCUT2D eigenvalue weighted by Crippen LogP contribution is 2.13. The lowest BCUT2D eigenvalue weighted by atomic mass is 10.2. The monoisotopic (exact) mass is 338 g/mol. The molecule has 8 heteroatoms. The van der Waals surface area contributed by atoms with Gasteiger partial charge in [-0.3, -0.25) is 13.8 Å². The summed E-state index contributed by atoms with van der Waals surface area (Å²) in [6.45, 7) is 5.20. The van der Waals surface area contributed by atoms with Crippen LogP contribution in [-0.4, -0.2) is 45.4 Å². The van der Waals surface area contributed by atoms with Gasteiger partial charge in [0.05, 0.1) is 26.2 Å². The summed E-state index contributed by atoms with van der Waals surface area (Å²) in [6, 6.07) is 0. The van der Waals surface area contributed by atoms with Gasteiger partial charge in [0.25, 0.3) is 10.1 Å². The molecule has 1 atom stereocenters. The fourth-order valence-electron chi connectivity index (χ4n) is 1.71. The first-order valence-corrected chi connectivity index (χ1v) is 9.06. The summed E-state index contributed by atoms with van der Waals surface area (Å²) in [5.41, 5.74) is 0. The minimum atomic E-state index is -4.20. The van der Waals surface area contributed by atoms with E-state index in [-0.39, 0.29) is 19.8 Å². The van der Waals surface area contributed by atoms with Crippen molar-refractivity contribution in [2.45, 2.75) is 58.1 Å². The summed E-state index contributed by atoms with van der Waals surface area (Å²) in [7, 11) is -4.20. The average molecular weight is 338 g/mol. The molecule has 0 fully saturated rings. The van der Waals surface area contributed by atoms with Crippen LogP contribution < -0.4 is 0 Å². The highest BCUT2D eigenvalue weighted by molar-refractivity contribution is 7.88. The van der Waals surface area contributed by atoms with E-state index in [2.05, 4.69) is 15.8 Å². The Bertz CT molecular complexity index is 430. The van der Waals surface area contributed by atoms with Crippen molar-refractivity contribution in [3.05, 3.63) is 0 Å². The number of rotatable bonds is 12. The molecule has 0 amide bonds. The van der Waals surface area contributed by atoms with Crippen molar-refractivity contribution < 1.29 is 31.7 Å². The van der Waals surface area contributed by atoms with Gasteiger partial charge in [-0.15, -0.1) is 0 Å². The van der Waals surface area contributed by atoms with E-state index >= 15 is 0 Å². The Morgan fingerprint density at radius 3 is 2.18 bits per heavy atom. The molecule has 0 N–H and O–H groups in total. The van der Waals surface area contributed by atoms with Gasteiger partial charge in [-0.05, 0) is 20.3 Å². The largest absolute Gasteiger partial charge is 0.466 e. The van der Waals surface area contributed by atoms with Crippen LogP contribution in [0.2, 0.25) is 0 Å². The number of hydrogen-bond acceptors (Lipinski definition) is 7. The Morgan fingerprint density at radius 2 is 1.64 bits per heavy atom. The van der Waals surface area contributed by atoms with Gasteiger partial charge in [-0.2, -0.15) is 8.42 Å². The SMILES string of the molecule is CCCCCCOC(=O)CC(C(=O)OCC)S(=O)(=O)OCC. The lowest BCUT2D eigenvalue weighted by Crippen LogP contribution is -2.36. The normalized spacial score (nSPS) is 12.7. The van der Waals surface area contributed by atoms with E-state index < -0.39 is 33.7 Å². The van der Waals surface area contributed by atoms with E-state index in [1.807, 2.05) is 0 Å². The van der Waals surface area contributed by atoms with Crippen LogP contribution in [0, 0.1) is 0 Å². The third-order valence-electron chi connectivity index (χ3n) is 2.79. The van der Waals surface area contributed by atoms with Crippen LogP contribution in [0.25, 0.3) is 0 Å². The number of ether oxygens (including phenoxy) is 2. The number of esters is 2. The zero-order chi connectivity index (χ0) is 17.0. The lowest BCUT2D eigenvalue weighted by Gasteiger charge is -2.15. The van der Waals surface area contributed by atoms with E-state index in [9.17, 15) is 18.0 Å². The molecule has 0 aliphatic rings. The van der Waals surface area contributed by atoms with Crippen molar-refractivity contribution in [2.24, 2.45) is 0 Å². The molecule has 22 heavy (non-hydrogen) atoms. The van der Waals surface area contributed by atoms with Crippen molar-refractivity contribution in [2.75, 3.05) is 19.8 Å². The molecule has 0 saturated heterocycles. The molecule has 0 bridgehead atoms. The van der Waals surface area contributed by atoms with Crippen LogP contribution in [0.3, 0.4) is 0 Å². The zero-order valence-corrected chi connectivity index (χ0v) is 14.3. The molecule has 0 radical (unpaired) electrons. The predicted octanol–water partition coefficient (Wildman–Crippen LogP) is 1.80. The van der Waals surface area contributed by atoms with Gasteiger partial charge in [0.1, 0.15) is 0 Å². The van der Waals surface area contributed by atoms with Crippen molar-refractivity contribution in [3.8, 4) is 0 Å². The Morgan fingerprint density at radius 1 is 0.955 bits per heavy atom. The number of unbranched alkanes of at least 4 members (excludes halogenated alkanes) is 3. The maximum atomic E-state index is 11.9. The summed E-state index contributed by atoms with van der Waals surface area (Å²) in [5, 5.41) is -1.68. The molecule has 0 aliphatic carbocycles. The fourth-order valence-corrected chi connectivity index (χ4v) is 2.85. The van der Waals surface area contributed by atoms with Gasteiger partial charge in [0.2, 0.25) is 0 Å². The second kappa shape index (κ2) is 11.4. The first-order valence-electron chi connectivity index (χ1n) is 7.59. The average Bonchev–Trinajstić information content (AvgIpc) is 2.44. The summed E-state index contributed by atoms with van der Waals surface area (Å²) >= 11 is 0. The Hall–Kier alpha value is -1.15. The topological polar surface area (TPSA) is 96.0 Å². The lowest BCUT2D eigenvalue weighted by molar-refractivity contribution is -0.149. The van der Waals surface area contributed by atoms with Crippen LogP contribution in [0.5, 0.6) is 0 Å². The predicted molar refractivity (Wildman–Crippen MR) is 80.7 cm³/mol. The second-order valence-corrected chi connectivity index (χ2v) is 6.42. The molecular weight excluding hydrogens is 312 g/mol. The number of hydrogen-bond donors (Lipinski definition) is 0. The highest BCUT2D eigenvalue weighted by Gasteiger charge is 2.37. The van der Waals surface area contributed by atoms with Crippen molar-refractivity contribution in [3.63, 3.8) is 0 Å². The van der Waals surface area contributed by atoms with Crippen LogP contribution in [0.15, 0.2) is 0 Å². The minimum absolute atomic E-state index is 0.0169. The van der Waals surface area contributed by atoms with Gasteiger partial charge in [0, 0.05) is 0 Å². The van der Waals surface area contributed by atoms with Crippen molar-refractivity contribution >= 4 is 22.1 Å². The molecule has 7 nitrogen and oxygen atoms in total. The maximum absolute atomic E-state index is 11.9. The summed E-state index contributed by atoms with van der Waals surface area (Å²) in [4.78, 5) is 23.4. The number of carbonyl (C=O) groups is 2. The van der Waals surface area contributed by atoms with Gasteiger partial charge >= 0.3 is 11.9 Å². The van der Waals surface area contributed by atoms with Gasteiger partial charge in [-0.1, -0.05) is 26.2 Å². The molecule has 0 aliphatic heterocycles. The van der Waals surface area contributed by atoms with Crippen LogP contribution in [0.1, 0.15) is 52.9 Å². The molecule has 0 spiro atoms. The first kappa shape index (κ1) is 20.9. The van der Waals surface area contributed by atoms with E-state index in [0.29, 0.717) is 6.42 Å². The third-order valence-corrected chi connectivity index (χ3v) is 4.41. The molecule has 0 saturated carbocycles. The molecule has 1 unspecified atom stereocenters. The van der Waals surface area contributed by atoms with Crippen molar-refractivity contribution in [1.82, 2.24) is 0 Å². The maximum Gasteiger partial charge on any atom is 0.327 e. The van der Waals surface area contributed by atoms with Crippen molar-refractivity contribution in [1.29, 1.82) is 0 Å². The molecule has 0 rings (SSSR count). The molecular formula is C14H26O7S. The fraction of sp³-hybridized carbons (Fsp3) is 0.857. The van der Waals surface area contributed by atoms with Gasteiger partial charge < -0.3 is 9.47 Å². The zero-order valence-electron chi connectivity index (χ0n) is 13.5. The summed E-state index contributed by atoms with van der Waals surface area (Å²) < 4.78 is 38.0. The quantitative estimate of drug-likeness (QED) is 0.304. The summed E-state index contributed by atoms with van der Waals surface area (Å²) in [5.74, 6) is -1.75. The molecule has 0 aromatic heterocycles. The van der Waals surface area contributed by atoms with Crippen LogP contribution >= 0.6 is 0 Å². The molecule has 0 aromatic carbocycles. The Kier molecular flexibility index (Phi) is 10.8. The Labute approximate surface area is 132 Å². The molecule has 0 aromatic rings. The summed E-state index contributed by atoms with van der Waals surface area (Å²) in [6.07, 6.45) is 3.15. The van der Waals surface area contributed by atoms with E-state index in [1.165, 1.54) is 6.92 Å². The molecule has 130 valence electrons. The van der Waals surface area contributed by atoms with Crippen LogP contribution in [-0.2, 0) is 33.4 Å². The van der Waals surface area contributed by atoms with E-state index in [1.54, 1.807) is 6.92 Å². The highest BCUT2D eigenvalue weighted by atomic mass is 32.2. The first-order chi connectivity index (χ1) is 10.4. The smallest absolute Gasteiger partial charge is 0.327 e. The van der Waals surface area contributed by atoms with E-state index in [4.69, 9.17) is 4.74 Å². The second-order valence-electron chi connectivity index (χ2n) is 4.63. The molecule has 0 heterocycles. The standard InChI is InChI=1S/C14H26O7S/c1-4-7-8-9-10-20-13(15)11-12(14(16)19-5-2)22(17,18)21-6-3/h12H,4-11H2,1-3H3. The van der Waals surface area contributed by atoms with Gasteiger partial charge in [0.15, 0.2) is 5.25 Å². The Balaban J connectivity index is 4.57. The third kappa shape index (κ3) is 8.33. The van der Waals surface area contributed by atoms with Crippen LogP contribution in [0.4, 0.5) is 0 Å². The van der Waals surface area contributed by atoms with E-state index in [0.717, 1.165) is 19.3 Å². The minimum Gasteiger partial charge on any atom is -0.466 e.